The van der Waals surface area contributed by atoms with E-state index in [4.69, 9.17) is 23.2 Å². The Bertz CT molecular complexity index is 502. The van der Waals surface area contributed by atoms with Gasteiger partial charge in [0, 0.05) is 22.3 Å². The number of hydrogen-bond acceptors (Lipinski definition) is 2. The molecule has 1 heterocycles. The molecule has 0 aliphatic rings. The minimum absolute atomic E-state index is 0.0842. The Morgan fingerprint density at radius 1 is 1.35 bits per heavy atom. The fraction of sp³-hybridized carbons (Fsp3) is 0.154. The molecule has 0 bridgehead atoms. The van der Waals surface area contributed by atoms with E-state index in [0.29, 0.717) is 10.0 Å². The molecule has 2 aromatic rings. The zero-order valence-corrected chi connectivity index (χ0v) is 11.5. The molecule has 1 unspecified atom stereocenters. The van der Waals surface area contributed by atoms with Gasteiger partial charge in [0.15, 0.2) is 0 Å². The summed E-state index contributed by atoms with van der Waals surface area (Å²) in [4.78, 5) is 4.32. The van der Waals surface area contributed by atoms with E-state index in [1.807, 2.05) is 30.5 Å². The molecule has 0 saturated heterocycles. The molecule has 1 aromatic carbocycles. The predicted octanol–water partition coefficient (Wildman–Crippen LogP) is 4.64. The molecular formula is C13H10Cl2NS. The first-order chi connectivity index (χ1) is 8.22. The van der Waals surface area contributed by atoms with Crippen molar-refractivity contribution >= 4 is 35.0 Å². The maximum Gasteiger partial charge on any atom is 0.0737 e. The molecule has 0 aliphatic heterocycles. The van der Waals surface area contributed by atoms with E-state index >= 15 is 0 Å². The highest BCUT2D eigenvalue weighted by Gasteiger charge is 2.17. The van der Waals surface area contributed by atoms with Gasteiger partial charge in [0.1, 0.15) is 0 Å². The lowest BCUT2D eigenvalue weighted by molar-refractivity contribution is 1.05. The molecule has 0 spiro atoms. The second-order valence-electron chi connectivity index (χ2n) is 3.45. The minimum atomic E-state index is 0.0842. The molecule has 0 N–H and O–H groups in total. The van der Waals surface area contributed by atoms with E-state index in [1.54, 1.807) is 24.0 Å². The zero-order chi connectivity index (χ0) is 12.3. The van der Waals surface area contributed by atoms with Gasteiger partial charge < -0.3 is 0 Å². The van der Waals surface area contributed by atoms with Crippen molar-refractivity contribution in [1.82, 2.24) is 4.98 Å². The first kappa shape index (κ1) is 12.7. The molecule has 0 amide bonds. The number of halogens is 2. The van der Waals surface area contributed by atoms with Gasteiger partial charge in [0.25, 0.3) is 0 Å². The Balaban J connectivity index is 2.42. The van der Waals surface area contributed by atoms with E-state index in [1.165, 1.54) is 0 Å². The monoisotopic (exact) mass is 282 g/mol. The Morgan fingerprint density at radius 3 is 2.76 bits per heavy atom. The van der Waals surface area contributed by atoms with Crippen LogP contribution in [0, 0.1) is 6.07 Å². The van der Waals surface area contributed by atoms with Gasteiger partial charge in [-0.1, -0.05) is 35.3 Å². The van der Waals surface area contributed by atoms with Crippen LogP contribution in [0.3, 0.4) is 0 Å². The lowest BCUT2D eigenvalue weighted by atomic mass is 10.1. The van der Waals surface area contributed by atoms with Crippen LogP contribution in [-0.4, -0.2) is 11.2 Å². The van der Waals surface area contributed by atoms with Crippen LogP contribution in [-0.2, 0) is 0 Å². The summed E-state index contributed by atoms with van der Waals surface area (Å²) in [7, 11) is 0. The lowest BCUT2D eigenvalue weighted by Crippen LogP contribution is -1.99. The van der Waals surface area contributed by atoms with Crippen LogP contribution in [0.5, 0.6) is 0 Å². The van der Waals surface area contributed by atoms with E-state index in [9.17, 15) is 0 Å². The van der Waals surface area contributed by atoms with Gasteiger partial charge in [0.05, 0.1) is 10.9 Å². The fourth-order valence-corrected chi connectivity index (χ4v) is 2.97. The van der Waals surface area contributed by atoms with Gasteiger partial charge in [-0.15, -0.1) is 0 Å². The summed E-state index contributed by atoms with van der Waals surface area (Å²) in [5, 5.41) is 1.39. The fourth-order valence-electron chi connectivity index (χ4n) is 1.58. The second-order valence-corrected chi connectivity index (χ2v) is 5.23. The van der Waals surface area contributed by atoms with E-state index in [0.717, 1.165) is 11.3 Å². The van der Waals surface area contributed by atoms with Gasteiger partial charge in [0.2, 0.25) is 0 Å². The third-order valence-corrected chi connectivity index (χ3v) is 3.87. The number of rotatable bonds is 3. The summed E-state index contributed by atoms with van der Waals surface area (Å²) in [5.74, 6) is 0. The van der Waals surface area contributed by atoms with Gasteiger partial charge >= 0.3 is 0 Å². The topological polar surface area (TPSA) is 12.9 Å². The molecular weight excluding hydrogens is 273 g/mol. The summed E-state index contributed by atoms with van der Waals surface area (Å²) in [6, 6.07) is 12.4. The number of benzene rings is 1. The third-order valence-electron chi connectivity index (χ3n) is 2.36. The van der Waals surface area contributed by atoms with Crippen molar-refractivity contribution in [2.45, 2.75) is 5.25 Å². The van der Waals surface area contributed by atoms with Crippen LogP contribution in [0.4, 0.5) is 0 Å². The first-order valence-corrected chi connectivity index (χ1v) is 7.07. The molecule has 1 radical (unpaired) electrons. The van der Waals surface area contributed by atoms with Crippen LogP contribution >= 0.6 is 35.0 Å². The zero-order valence-electron chi connectivity index (χ0n) is 9.15. The van der Waals surface area contributed by atoms with Gasteiger partial charge in [-0.2, -0.15) is 11.8 Å². The predicted molar refractivity (Wildman–Crippen MR) is 74.9 cm³/mol. The van der Waals surface area contributed by atoms with Crippen LogP contribution in [0.2, 0.25) is 10.0 Å². The van der Waals surface area contributed by atoms with Gasteiger partial charge in [-0.25, -0.2) is 0 Å². The van der Waals surface area contributed by atoms with Gasteiger partial charge in [-0.05, 0) is 30.0 Å². The van der Waals surface area contributed by atoms with E-state index in [2.05, 4.69) is 11.1 Å². The summed E-state index contributed by atoms with van der Waals surface area (Å²) < 4.78 is 0. The average Bonchev–Trinajstić information content (AvgIpc) is 2.34. The first-order valence-electron chi connectivity index (χ1n) is 5.02. The molecule has 0 saturated carbocycles. The normalized spacial score (nSPS) is 12.4. The highest BCUT2D eigenvalue weighted by atomic mass is 35.5. The van der Waals surface area contributed by atoms with Crippen LogP contribution in [0.25, 0.3) is 0 Å². The highest BCUT2D eigenvalue weighted by Crippen LogP contribution is 2.37. The quantitative estimate of drug-likeness (QED) is 0.813. The number of aromatic nitrogens is 1. The molecule has 0 fully saturated rings. The van der Waals surface area contributed by atoms with E-state index < -0.39 is 0 Å². The van der Waals surface area contributed by atoms with Crippen molar-refractivity contribution in [3.05, 3.63) is 63.9 Å². The SMILES string of the molecule is CSC(c1[c]cccn1)c1ccc(Cl)cc1Cl. The van der Waals surface area contributed by atoms with Gasteiger partial charge in [-0.3, -0.25) is 4.98 Å². The summed E-state index contributed by atoms with van der Waals surface area (Å²) in [5.41, 5.74) is 1.89. The van der Waals surface area contributed by atoms with Crippen molar-refractivity contribution in [2.24, 2.45) is 0 Å². The molecule has 2 rings (SSSR count). The highest BCUT2D eigenvalue weighted by molar-refractivity contribution is 7.99. The molecule has 0 aliphatic carbocycles. The Hall–Kier alpha value is -0.700. The number of thioether (sulfide) groups is 1. The molecule has 87 valence electrons. The standard InChI is InChI=1S/C13H10Cl2NS/c1-17-13(12-4-2-3-7-16-12)10-6-5-9(14)8-11(10)15/h2-3,5-8,13H,1H3. The number of nitrogens with zero attached hydrogens (tertiary/aromatic N) is 1. The van der Waals surface area contributed by atoms with Crippen molar-refractivity contribution in [2.75, 3.05) is 6.26 Å². The number of pyridine rings is 1. The smallest absolute Gasteiger partial charge is 0.0737 e. The van der Waals surface area contributed by atoms with Crippen LogP contribution in [0.1, 0.15) is 16.5 Å². The Morgan fingerprint density at radius 2 is 2.18 bits per heavy atom. The molecule has 4 heteroatoms. The van der Waals surface area contributed by atoms with E-state index in [-0.39, 0.29) is 5.25 Å². The maximum absolute atomic E-state index is 6.21. The lowest BCUT2D eigenvalue weighted by Gasteiger charge is -2.15. The maximum atomic E-state index is 6.21. The molecule has 1 aromatic heterocycles. The minimum Gasteiger partial charge on any atom is -0.259 e. The largest absolute Gasteiger partial charge is 0.259 e. The Labute approximate surface area is 115 Å². The second kappa shape index (κ2) is 5.76. The van der Waals surface area contributed by atoms with Crippen molar-refractivity contribution in [3.63, 3.8) is 0 Å². The summed E-state index contributed by atoms with van der Waals surface area (Å²) in [6.07, 6.45) is 3.79. The molecule has 17 heavy (non-hydrogen) atoms. The van der Waals surface area contributed by atoms with Crippen molar-refractivity contribution in [1.29, 1.82) is 0 Å². The number of hydrogen-bond donors (Lipinski definition) is 0. The van der Waals surface area contributed by atoms with Crippen molar-refractivity contribution < 1.29 is 0 Å². The average molecular weight is 283 g/mol. The Kier molecular flexibility index (Phi) is 4.32. The third kappa shape index (κ3) is 2.95. The van der Waals surface area contributed by atoms with Crippen LogP contribution < -0.4 is 0 Å². The molecule has 1 nitrogen and oxygen atoms in total. The molecule has 1 atom stereocenters. The van der Waals surface area contributed by atoms with Crippen LogP contribution in [0.15, 0.2) is 36.5 Å². The summed E-state index contributed by atoms with van der Waals surface area (Å²) >= 11 is 13.8. The summed E-state index contributed by atoms with van der Waals surface area (Å²) in [6.45, 7) is 0. The van der Waals surface area contributed by atoms with Crippen molar-refractivity contribution in [3.8, 4) is 0 Å².